The van der Waals surface area contributed by atoms with Crippen LogP contribution in [0.2, 0.25) is 0 Å². The average Bonchev–Trinajstić information content (AvgIpc) is 3.16. The van der Waals surface area contributed by atoms with Gasteiger partial charge in [-0.3, -0.25) is 19.3 Å². The highest BCUT2D eigenvalue weighted by Gasteiger charge is 2.58. The normalized spacial score (nSPS) is 22.8. The van der Waals surface area contributed by atoms with Crippen LogP contribution in [0, 0.1) is 12.8 Å². The number of amides is 1. The Bertz CT molecular complexity index is 675. The van der Waals surface area contributed by atoms with Crippen molar-refractivity contribution < 1.29 is 23.6 Å². The lowest BCUT2D eigenvalue weighted by Gasteiger charge is -2.45. The number of hydroxylamine groups is 2. The van der Waals surface area contributed by atoms with Crippen molar-refractivity contribution in [2.45, 2.75) is 38.3 Å². The monoisotopic (exact) mass is 362 g/mol. The molecule has 0 saturated carbocycles. The number of rotatable bonds is 6. The molecule has 1 aromatic heterocycles. The molecular weight excluding hydrogens is 336 g/mol. The number of ether oxygens (including phenoxy) is 1. The van der Waals surface area contributed by atoms with Gasteiger partial charge in [0.1, 0.15) is 11.5 Å². The summed E-state index contributed by atoms with van der Waals surface area (Å²) in [6, 6.07) is 3.93. The van der Waals surface area contributed by atoms with Gasteiger partial charge in [0.2, 0.25) is 5.91 Å². The van der Waals surface area contributed by atoms with Gasteiger partial charge in [-0.25, -0.2) is 5.06 Å². The van der Waals surface area contributed by atoms with E-state index in [1.54, 1.807) is 6.08 Å². The van der Waals surface area contributed by atoms with Gasteiger partial charge in [-0.05, 0) is 31.9 Å². The molecule has 3 heterocycles. The van der Waals surface area contributed by atoms with Crippen LogP contribution < -0.4 is 0 Å². The van der Waals surface area contributed by atoms with Crippen molar-refractivity contribution in [3.63, 3.8) is 0 Å². The van der Waals surface area contributed by atoms with Crippen molar-refractivity contribution in [2.24, 2.45) is 5.92 Å². The number of hydrogen-bond donors (Lipinski definition) is 0. The molecule has 0 aliphatic carbocycles. The van der Waals surface area contributed by atoms with Crippen LogP contribution in [-0.4, -0.2) is 54.2 Å². The van der Waals surface area contributed by atoms with E-state index < -0.39 is 11.5 Å². The molecule has 142 valence electrons. The van der Waals surface area contributed by atoms with Gasteiger partial charge in [-0.1, -0.05) is 6.08 Å². The first-order valence-corrected chi connectivity index (χ1v) is 8.92. The molecule has 2 fully saturated rings. The third kappa shape index (κ3) is 3.41. The number of nitrogens with zero attached hydrogens (tertiary/aromatic N) is 2. The van der Waals surface area contributed by atoms with Crippen LogP contribution >= 0.6 is 0 Å². The number of hydrogen-bond acceptors (Lipinski definition) is 6. The first-order chi connectivity index (χ1) is 12.5. The summed E-state index contributed by atoms with van der Waals surface area (Å²) in [4.78, 5) is 32.7. The molecule has 7 heteroatoms. The smallest absolute Gasteiger partial charge is 0.311 e. The fourth-order valence-electron chi connectivity index (χ4n) is 4.05. The van der Waals surface area contributed by atoms with E-state index in [2.05, 4.69) is 11.5 Å². The Morgan fingerprint density at radius 3 is 2.73 bits per heavy atom. The van der Waals surface area contributed by atoms with Crippen LogP contribution in [0.3, 0.4) is 0 Å². The maximum absolute atomic E-state index is 12.5. The molecule has 26 heavy (non-hydrogen) atoms. The second kappa shape index (κ2) is 7.63. The van der Waals surface area contributed by atoms with Gasteiger partial charge in [-0.15, -0.1) is 6.58 Å². The molecular formula is C19H26N2O5. The van der Waals surface area contributed by atoms with E-state index in [1.165, 1.54) is 12.2 Å². The first kappa shape index (κ1) is 18.7. The van der Waals surface area contributed by atoms with Gasteiger partial charge in [0.25, 0.3) is 0 Å². The summed E-state index contributed by atoms with van der Waals surface area (Å²) in [5.74, 6) is 0.795. The standard InChI is InChI=1S/C19H26N2O5/c1-4-11-25-21-17(22)12-16(18(23)24-3)19(21)7-9-20(10-8-19)13-15-6-5-14(2)26-15/h4-6,16H,1,7-13H2,2-3H3/t16-/m0/s1. The second-order valence-electron chi connectivity index (χ2n) is 6.94. The minimum atomic E-state index is -0.650. The Hall–Kier alpha value is -2.12. The zero-order valence-corrected chi connectivity index (χ0v) is 15.4. The molecule has 1 atom stereocenters. The van der Waals surface area contributed by atoms with Gasteiger partial charge in [-0.2, -0.15) is 0 Å². The lowest BCUT2D eigenvalue weighted by Crippen LogP contribution is -2.57. The average molecular weight is 362 g/mol. The van der Waals surface area contributed by atoms with E-state index in [-0.39, 0.29) is 24.9 Å². The van der Waals surface area contributed by atoms with Crippen molar-refractivity contribution >= 4 is 11.9 Å². The van der Waals surface area contributed by atoms with E-state index in [0.29, 0.717) is 19.4 Å². The third-order valence-corrected chi connectivity index (χ3v) is 5.36. The van der Waals surface area contributed by atoms with E-state index in [1.807, 2.05) is 19.1 Å². The lowest BCUT2D eigenvalue weighted by molar-refractivity contribution is -0.218. The highest BCUT2D eigenvalue weighted by Crippen LogP contribution is 2.44. The summed E-state index contributed by atoms with van der Waals surface area (Å²) in [5.41, 5.74) is -0.650. The van der Waals surface area contributed by atoms with Gasteiger partial charge < -0.3 is 9.15 Å². The number of carbonyl (C=O) groups is 2. The van der Waals surface area contributed by atoms with Crippen LogP contribution in [0.4, 0.5) is 0 Å². The van der Waals surface area contributed by atoms with Crippen LogP contribution in [-0.2, 0) is 25.7 Å². The highest BCUT2D eigenvalue weighted by molar-refractivity contribution is 5.88. The number of furan rings is 1. The minimum absolute atomic E-state index is 0.126. The van der Waals surface area contributed by atoms with Crippen molar-refractivity contribution in [1.82, 2.24) is 9.96 Å². The van der Waals surface area contributed by atoms with Crippen molar-refractivity contribution in [3.8, 4) is 0 Å². The maximum atomic E-state index is 12.5. The highest BCUT2D eigenvalue weighted by atomic mass is 16.7. The van der Waals surface area contributed by atoms with Crippen LogP contribution in [0.25, 0.3) is 0 Å². The van der Waals surface area contributed by atoms with Crippen LogP contribution in [0.15, 0.2) is 29.2 Å². The molecule has 1 aromatic rings. The molecule has 3 rings (SSSR count). The molecule has 0 radical (unpaired) electrons. The summed E-state index contributed by atoms with van der Waals surface area (Å²) in [6.45, 7) is 8.00. The van der Waals surface area contributed by atoms with Gasteiger partial charge in [0, 0.05) is 19.5 Å². The number of likely N-dealkylation sites (tertiary alicyclic amines) is 1. The zero-order valence-electron chi connectivity index (χ0n) is 15.4. The number of piperidine rings is 1. The molecule has 1 amide bonds. The summed E-state index contributed by atoms with van der Waals surface area (Å²) >= 11 is 0. The van der Waals surface area contributed by atoms with Crippen molar-refractivity contribution in [1.29, 1.82) is 0 Å². The molecule has 2 saturated heterocycles. The maximum Gasteiger partial charge on any atom is 0.311 e. The predicted octanol–water partition coefficient (Wildman–Crippen LogP) is 2.06. The van der Waals surface area contributed by atoms with Gasteiger partial charge in [0.05, 0.1) is 31.7 Å². The molecule has 2 aliphatic rings. The molecule has 1 spiro atoms. The predicted molar refractivity (Wildman–Crippen MR) is 93.8 cm³/mol. The SMILES string of the molecule is C=CCON1C(=O)C[C@@H](C(=O)OC)C12CCN(Cc1ccc(C)o1)CC2. The molecule has 0 bridgehead atoms. The Morgan fingerprint density at radius 1 is 1.42 bits per heavy atom. The first-order valence-electron chi connectivity index (χ1n) is 8.92. The Kier molecular flexibility index (Phi) is 5.48. The Labute approximate surface area is 153 Å². The number of esters is 1. The van der Waals surface area contributed by atoms with Crippen molar-refractivity contribution in [2.75, 3.05) is 26.8 Å². The Balaban J connectivity index is 1.74. The van der Waals surface area contributed by atoms with Crippen molar-refractivity contribution in [3.05, 3.63) is 36.3 Å². The summed E-state index contributed by atoms with van der Waals surface area (Å²) in [6.07, 6.45) is 3.02. The lowest BCUT2D eigenvalue weighted by atomic mass is 9.77. The molecule has 0 N–H and O–H groups in total. The van der Waals surface area contributed by atoms with Gasteiger partial charge in [0.15, 0.2) is 0 Å². The topological polar surface area (TPSA) is 72.2 Å². The largest absolute Gasteiger partial charge is 0.469 e. The summed E-state index contributed by atoms with van der Waals surface area (Å²) in [7, 11) is 1.36. The van der Waals surface area contributed by atoms with E-state index in [9.17, 15) is 9.59 Å². The van der Waals surface area contributed by atoms with E-state index in [0.717, 1.165) is 24.6 Å². The number of methoxy groups -OCH3 is 1. The van der Waals surface area contributed by atoms with Crippen LogP contribution in [0.1, 0.15) is 30.8 Å². The quantitative estimate of drug-likeness (QED) is 0.570. The minimum Gasteiger partial charge on any atom is -0.469 e. The van der Waals surface area contributed by atoms with Crippen LogP contribution in [0.5, 0.6) is 0 Å². The Morgan fingerprint density at radius 2 is 2.15 bits per heavy atom. The number of aryl methyl sites for hydroxylation is 1. The molecule has 0 unspecified atom stereocenters. The third-order valence-electron chi connectivity index (χ3n) is 5.36. The molecule has 7 nitrogen and oxygen atoms in total. The fourth-order valence-corrected chi connectivity index (χ4v) is 4.05. The fraction of sp³-hybridized carbons (Fsp3) is 0.579. The van der Waals surface area contributed by atoms with E-state index in [4.69, 9.17) is 14.0 Å². The van der Waals surface area contributed by atoms with E-state index >= 15 is 0 Å². The molecule has 2 aliphatic heterocycles. The molecule has 0 aromatic carbocycles. The van der Waals surface area contributed by atoms with Gasteiger partial charge >= 0.3 is 5.97 Å². The summed E-state index contributed by atoms with van der Waals surface area (Å²) in [5, 5.41) is 1.42. The zero-order chi connectivity index (χ0) is 18.7. The summed E-state index contributed by atoms with van der Waals surface area (Å²) < 4.78 is 10.6. The second-order valence-corrected chi connectivity index (χ2v) is 6.94. The number of carbonyl (C=O) groups excluding carboxylic acids is 2.